The van der Waals surface area contributed by atoms with Gasteiger partial charge in [-0.25, -0.2) is 13.8 Å². The Bertz CT molecular complexity index is 499. The van der Waals surface area contributed by atoms with Gasteiger partial charge in [-0.2, -0.15) is 13.8 Å². The van der Waals surface area contributed by atoms with Crippen LogP contribution in [-0.2, 0) is 4.74 Å². The number of alkyl halides is 4. The highest BCUT2D eigenvalue weighted by atomic mass is 19.3. The lowest BCUT2D eigenvalue weighted by Gasteiger charge is -2.14. The maximum atomic E-state index is 12.6. The van der Waals surface area contributed by atoms with Gasteiger partial charge in [0.1, 0.15) is 13.2 Å². The van der Waals surface area contributed by atoms with Crippen LogP contribution in [0.2, 0.25) is 0 Å². The molecule has 0 atom stereocenters. The minimum Gasteiger partial charge on any atom is -0.480 e. The summed E-state index contributed by atoms with van der Waals surface area (Å²) in [5.74, 6) is -5.28. The largest absolute Gasteiger partial charge is 0.480 e. The maximum Gasteiger partial charge on any atom is 0.330 e. The summed E-state index contributed by atoms with van der Waals surface area (Å²) < 4.78 is 62.8. The molecule has 6 nitrogen and oxygen atoms in total. The first-order chi connectivity index (χ1) is 9.81. The summed E-state index contributed by atoms with van der Waals surface area (Å²) in [7, 11) is 2.53. The van der Waals surface area contributed by atoms with Crippen molar-refractivity contribution in [3.05, 3.63) is 11.9 Å². The summed E-state index contributed by atoms with van der Waals surface area (Å²) in [5, 5.41) is 0. The van der Waals surface area contributed by atoms with Crippen LogP contribution in [0.25, 0.3) is 0 Å². The molecule has 0 unspecified atom stereocenters. The topological polar surface area (TPSA) is 70.5 Å². The van der Waals surface area contributed by atoms with Crippen molar-refractivity contribution in [2.75, 3.05) is 27.4 Å². The van der Waals surface area contributed by atoms with E-state index in [4.69, 9.17) is 9.47 Å². The third-order valence-electron chi connectivity index (χ3n) is 2.23. The zero-order valence-electron chi connectivity index (χ0n) is 11.1. The fourth-order valence-corrected chi connectivity index (χ4v) is 1.20. The van der Waals surface area contributed by atoms with Crippen LogP contribution >= 0.6 is 0 Å². The summed E-state index contributed by atoms with van der Waals surface area (Å²) in [6.45, 7) is -2.44. The molecular weight excluding hydrogens is 300 g/mol. The number of rotatable bonds is 8. The van der Waals surface area contributed by atoms with E-state index in [2.05, 4.69) is 14.7 Å². The van der Waals surface area contributed by atoms with Crippen LogP contribution in [0.4, 0.5) is 17.6 Å². The molecule has 0 fully saturated rings. The van der Waals surface area contributed by atoms with Crippen LogP contribution < -0.4 is 9.47 Å². The number of Topliss-reactive ketones (excluding diaryl/α,β-unsaturated/α-hetero) is 1. The van der Waals surface area contributed by atoms with Gasteiger partial charge in [-0.15, -0.1) is 0 Å². The molecule has 118 valence electrons. The van der Waals surface area contributed by atoms with Crippen molar-refractivity contribution in [3.63, 3.8) is 0 Å². The Morgan fingerprint density at radius 2 is 2.00 bits per heavy atom. The average Bonchev–Trinajstić information content (AvgIpc) is 2.45. The lowest BCUT2D eigenvalue weighted by Crippen LogP contribution is -2.33. The molecule has 0 amide bonds. The summed E-state index contributed by atoms with van der Waals surface area (Å²) in [6.07, 6.45) is -2.76. The molecular formula is C11H12F4N2O4. The van der Waals surface area contributed by atoms with Crippen LogP contribution in [0.15, 0.2) is 6.20 Å². The lowest BCUT2D eigenvalue weighted by atomic mass is 10.3. The molecule has 21 heavy (non-hydrogen) atoms. The molecule has 1 aromatic heterocycles. The first kappa shape index (κ1) is 17.1. The van der Waals surface area contributed by atoms with Gasteiger partial charge in [0.2, 0.25) is 17.5 Å². The number of ketones is 1. The smallest absolute Gasteiger partial charge is 0.330 e. The van der Waals surface area contributed by atoms with Crippen molar-refractivity contribution in [1.82, 2.24) is 9.97 Å². The van der Waals surface area contributed by atoms with Crippen LogP contribution in [0.3, 0.4) is 0 Å². The molecule has 0 radical (unpaired) electrons. The van der Waals surface area contributed by atoms with E-state index in [1.54, 1.807) is 0 Å². The normalized spacial score (nSPS) is 11.6. The second-order valence-corrected chi connectivity index (χ2v) is 3.75. The maximum absolute atomic E-state index is 12.6. The summed E-state index contributed by atoms with van der Waals surface area (Å²) >= 11 is 0. The highest BCUT2D eigenvalue weighted by Gasteiger charge is 2.41. The molecule has 1 aromatic rings. The number of aromatic nitrogens is 2. The fraction of sp³-hybridized carbons (Fsp3) is 0.545. The van der Waals surface area contributed by atoms with Crippen molar-refractivity contribution in [1.29, 1.82) is 0 Å². The van der Waals surface area contributed by atoms with Crippen LogP contribution in [0.5, 0.6) is 11.8 Å². The van der Waals surface area contributed by atoms with Gasteiger partial charge in [-0.3, -0.25) is 4.79 Å². The van der Waals surface area contributed by atoms with Crippen molar-refractivity contribution in [2.24, 2.45) is 0 Å². The molecule has 0 saturated carbocycles. The molecule has 1 heterocycles. The first-order valence-corrected chi connectivity index (χ1v) is 5.53. The Balaban J connectivity index is 2.68. The zero-order chi connectivity index (χ0) is 16.0. The summed E-state index contributed by atoms with van der Waals surface area (Å²) in [6, 6.07) is 0. The molecule has 0 aliphatic heterocycles. The third kappa shape index (κ3) is 4.52. The molecule has 1 rings (SSSR count). The van der Waals surface area contributed by atoms with Crippen molar-refractivity contribution in [2.45, 2.75) is 12.3 Å². The Morgan fingerprint density at radius 1 is 1.33 bits per heavy atom. The average molecular weight is 312 g/mol. The monoisotopic (exact) mass is 312 g/mol. The van der Waals surface area contributed by atoms with Crippen molar-refractivity contribution in [3.8, 4) is 11.8 Å². The number of hydrogen-bond acceptors (Lipinski definition) is 6. The van der Waals surface area contributed by atoms with Gasteiger partial charge in [-0.1, -0.05) is 0 Å². The lowest BCUT2D eigenvalue weighted by molar-refractivity contribution is -0.163. The Morgan fingerprint density at radius 3 is 2.52 bits per heavy atom. The SMILES string of the molecule is COc1cnc(C(=O)COCC(F)(F)C(F)F)c(OC)n1. The predicted molar refractivity (Wildman–Crippen MR) is 61.2 cm³/mol. The number of halogens is 4. The van der Waals surface area contributed by atoms with Gasteiger partial charge < -0.3 is 14.2 Å². The number of nitrogens with zero attached hydrogens (tertiary/aromatic N) is 2. The summed E-state index contributed by atoms with van der Waals surface area (Å²) in [4.78, 5) is 19.2. The number of carbonyl (C=O) groups is 1. The molecule has 0 aliphatic carbocycles. The Labute approximate surface area is 117 Å². The van der Waals surface area contributed by atoms with Gasteiger partial charge in [0.15, 0.2) is 5.69 Å². The summed E-state index contributed by atoms with van der Waals surface area (Å²) in [5.41, 5.74) is -0.279. The van der Waals surface area contributed by atoms with Crippen LogP contribution in [0, 0.1) is 0 Å². The van der Waals surface area contributed by atoms with E-state index in [1.165, 1.54) is 14.2 Å². The number of methoxy groups -OCH3 is 2. The van der Waals surface area contributed by atoms with E-state index in [0.29, 0.717) is 0 Å². The van der Waals surface area contributed by atoms with E-state index >= 15 is 0 Å². The first-order valence-electron chi connectivity index (χ1n) is 5.53. The Hall–Kier alpha value is -1.97. The highest BCUT2D eigenvalue weighted by molar-refractivity contribution is 5.97. The molecule has 10 heteroatoms. The molecule has 0 spiro atoms. The van der Waals surface area contributed by atoms with Crippen molar-refractivity contribution < 1.29 is 36.6 Å². The second-order valence-electron chi connectivity index (χ2n) is 3.75. The van der Waals surface area contributed by atoms with E-state index < -0.39 is 31.3 Å². The molecule has 0 aliphatic rings. The second kappa shape index (κ2) is 7.16. The molecule has 0 bridgehead atoms. The molecule has 0 saturated heterocycles. The quantitative estimate of drug-likeness (QED) is 0.536. The van der Waals surface area contributed by atoms with Gasteiger partial charge in [0.05, 0.1) is 20.4 Å². The van der Waals surface area contributed by atoms with Crippen LogP contribution in [0.1, 0.15) is 10.5 Å². The molecule has 0 aromatic carbocycles. The van der Waals surface area contributed by atoms with Gasteiger partial charge >= 0.3 is 12.3 Å². The van der Waals surface area contributed by atoms with Gasteiger partial charge in [-0.05, 0) is 0 Å². The van der Waals surface area contributed by atoms with Crippen LogP contribution in [-0.4, -0.2) is 55.5 Å². The van der Waals surface area contributed by atoms with E-state index in [1.807, 2.05) is 0 Å². The van der Waals surface area contributed by atoms with Gasteiger partial charge in [0.25, 0.3) is 0 Å². The Kier molecular flexibility index (Phi) is 5.82. The zero-order valence-corrected chi connectivity index (χ0v) is 11.1. The van der Waals surface area contributed by atoms with E-state index in [-0.39, 0.29) is 17.5 Å². The third-order valence-corrected chi connectivity index (χ3v) is 2.23. The van der Waals surface area contributed by atoms with Crippen molar-refractivity contribution >= 4 is 5.78 Å². The number of hydrogen-bond donors (Lipinski definition) is 0. The van der Waals surface area contributed by atoms with Gasteiger partial charge in [0, 0.05) is 0 Å². The van der Waals surface area contributed by atoms with E-state index in [0.717, 1.165) is 6.20 Å². The highest BCUT2D eigenvalue weighted by Crippen LogP contribution is 2.23. The standard InChI is InChI=1S/C11H12F4N2O4/c1-19-7-3-16-8(9(17-7)20-2)6(18)4-21-5-11(14,15)10(12)13/h3,10H,4-5H2,1-2H3. The predicted octanol–water partition coefficient (Wildman–Crippen LogP) is 1.59. The molecule has 0 N–H and O–H groups in total. The minimum atomic E-state index is -4.32. The number of ether oxygens (including phenoxy) is 3. The minimum absolute atomic E-state index is 0.0774. The number of carbonyl (C=O) groups excluding carboxylic acids is 1. The fourth-order valence-electron chi connectivity index (χ4n) is 1.20. The van der Waals surface area contributed by atoms with E-state index in [9.17, 15) is 22.4 Å².